The Labute approximate surface area is 115 Å². The third-order valence-corrected chi connectivity index (χ3v) is 3.44. The van der Waals surface area contributed by atoms with Crippen molar-refractivity contribution in [1.82, 2.24) is 15.1 Å². The van der Waals surface area contributed by atoms with Crippen LogP contribution in [0.5, 0.6) is 0 Å². The van der Waals surface area contributed by atoms with Crippen molar-refractivity contribution < 1.29 is 0 Å². The lowest BCUT2D eigenvalue weighted by Gasteiger charge is -2.14. The molecule has 90 valence electrons. The van der Waals surface area contributed by atoms with E-state index >= 15 is 0 Å². The second-order valence-electron chi connectivity index (χ2n) is 4.00. The molecule has 0 spiro atoms. The molecule has 2 aromatic rings. The van der Waals surface area contributed by atoms with E-state index in [0.717, 1.165) is 13.1 Å². The molecule has 0 bridgehead atoms. The first kappa shape index (κ1) is 12.6. The van der Waals surface area contributed by atoms with Crippen molar-refractivity contribution >= 4 is 22.6 Å². The summed E-state index contributed by atoms with van der Waals surface area (Å²) in [5, 5.41) is 7.67. The number of nitrogens with one attached hydrogen (secondary N) is 1. The molecule has 0 aliphatic rings. The van der Waals surface area contributed by atoms with Gasteiger partial charge in [0.15, 0.2) is 0 Å². The highest BCUT2D eigenvalue weighted by Crippen LogP contribution is 2.14. The molecule has 1 unspecified atom stereocenters. The quantitative estimate of drug-likeness (QED) is 0.848. The molecule has 0 amide bonds. The summed E-state index contributed by atoms with van der Waals surface area (Å²) in [6.45, 7) is 4.02. The Kier molecular flexibility index (Phi) is 4.56. The van der Waals surface area contributed by atoms with E-state index in [1.165, 1.54) is 9.13 Å². The van der Waals surface area contributed by atoms with E-state index < -0.39 is 0 Å². The fraction of sp³-hybridized carbons (Fsp3) is 0.308. The van der Waals surface area contributed by atoms with Gasteiger partial charge < -0.3 is 5.32 Å². The van der Waals surface area contributed by atoms with Gasteiger partial charge in [-0.05, 0) is 53.3 Å². The van der Waals surface area contributed by atoms with Crippen LogP contribution in [0.3, 0.4) is 0 Å². The number of benzene rings is 1. The monoisotopic (exact) mass is 341 g/mol. The average Bonchev–Trinajstić information content (AvgIpc) is 2.83. The smallest absolute Gasteiger partial charge is 0.0534 e. The highest BCUT2D eigenvalue weighted by molar-refractivity contribution is 14.1. The molecule has 1 aromatic carbocycles. The Morgan fingerprint density at radius 2 is 2.12 bits per heavy atom. The Hall–Kier alpha value is -0.880. The first-order valence-electron chi connectivity index (χ1n) is 5.72. The SMILES string of the molecule is CC(NCCn1cccn1)c1ccc(I)cc1. The Morgan fingerprint density at radius 1 is 1.35 bits per heavy atom. The summed E-state index contributed by atoms with van der Waals surface area (Å²) in [5.74, 6) is 0. The fourth-order valence-electron chi connectivity index (χ4n) is 1.70. The molecule has 0 radical (unpaired) electrons. The van der Waals surface area contributed by atoms with Gasteiger partial charge in [-0.25, -0.2) is 0 Å². The summed E-state index contributed by atoms with van der Waals surface area (Å²) in [5.41, 5.74) is 1.32. The molecule has 1 heterocycles. The van der Waals surface area contributed by atoms with Gasteiger partial charge in [0.1, 0.15) is 0 Å². The summed E-state index contributed by atoms with van der Waals surface area (Å²) in [7, 11) is 0. The molecule has 1 aromatic heterocycles. The predicted molar refractivity (Wildman–Crippen MR) is 77.8 cm³/mol. The van der Waals surface area contributed by atoms with E-state index in [2.05, 4.69) is 64.2 Å². The summed E-state index contributed by atoms with van der Waals surface area (Å²) in [4.78, 5) is 0. The molecular weight excluding hydrogens is 325 g/mol. The van der Waals surface area contributed by atoms with Gasteiger partial charge in [-0.15, -0.1) is 0 Å². The maximum atomic E-state index is 4.17. The summed E-state index contributed by atoms with van der Waals surface area (Å²) in [6, 6.07) is 11.0. The van der Waals surface area contributed by atoms with Crippen molar-refractivity contribution in [1.29, 1.82) is 0 Å². The van der Waals surface area contributed by atoms with Crippen LogP contribution in [0.2, 0.25) is 0 Å². The third-order valence-electron chi connectivity index (χ3n) is 2.72. The molecule has 1 atom stereocenters. The maximum Gasteiger partial charge on any atom is 0.0534 e. The van der Waals surface area contributed by atoms with Crippen LogP contribution in [0.1, 0.15) is 18.5 Å². The number of nitrogens with zero attached hydrogens (tertiary/aromatic N) is 2. The molecule has 0 saturated heterocycles. The topological polar surface area (TPSA) is 29.9 Å². The van der Waals surface area contributed by atoms with E-state index in [1.54, 1.807) is 0 Å². The first-order valence-corrected chi connectivity index (χ1v) is 6.80. The third kappa shape index (κ3) is 3.81. The van der Waals surface area contributed by atoms with Crippen LogP contribution in [0, 0.1) is 3.57 Å². The van der Waals surface area contributed by atoms with Crippen LogP contribution in [-0.4, -0.2) is 16.3 Å². The van der Waals surface area contributed by atoms with E-state index in [4.69, 9.17) is 0 Å². The molecule has 0 saturated carbocycles. The molecular formula is C13H16IN3. The van der Waals surface area contributed by atoms with Gasteiger partial charge in [-0.2, -0.15) is 5.10 Å². The molecule has 17 heavy (non-hydrogen) atoms. The minimum Gasteiger partial charge on any atom is -0.308 e. The molecule has 0 fully saturated rings. The van der Waals surface area contributed by atoms with Crippen molar-refractivity contribution in [2.75, 3.05) is 6.54 Å². The fourth-order valence-corrected chi connectivity index (χ4v) is 2.06. The second-order valence-corrected chi connectivity index (χ2v) is 5.24. The summed E-state index contributed by atoms with van der Waals surface area (Å²) < 4.78 is 3.21. The van der Waals surface area contributed by atoms with Crippen molar-refractivity contribution in [3.63, 3.8) is 0 Å². The largest absolute Gasteiger partial charge is 0.308 e. The van der Waals surface area contributed by atoms with Crippen molar-refractivity contribution in [3.05, 3.63) is 51.9 Å². The minimum absolute atomic E-state index is 0.377. The van der Waals surface area contributed by atoms with Gasteiger partial charge in [0.25, 0.3) is 0 Å². The van der Waals surface area contributed by atoms with E-state index in [1.807, 2.05) is 23.1 Å². The van der Waals surface area contributed by atoms with Crippen LogP contribution < -0.4 is 5.32 Å². The molecule has 0 aliphatic carbocycles. The summed E-state index contributed by atoms with van der Waals surface area (Å²) >= 11 is 2.32. The zero-order valence-electron chi connectivity index (χ0n) is 9.81. The Balaban J connectivity index is 1.81. The molecule has 1 N–H and O–H groups in total. The van der Waals surface area contributed by atoms with Gasteiger partial charge in [0, 0.05) is 28.6 Å². The van der Waals surface area contributed by atoms with Crippen LogP contribution in [-0.2, 0) is 6.54 Å². The zero-order chi connectivity index (χ0) is 12.1. The van der Waals surface area contributed by atoms with Gasteiger partial charge in [0.05, 0.1) is 6.54 Å². The lowest BCUT2D eigenvalue weighted by atomic mass is 10.1. The number of halogens is 1. The number of rotatable bonds is 5. The number of hydrogen-bond donors (Lipinski definition) is 1. The Morgan fingerprint density at radius 3 is 2.76 bits per heavy atom. The zero-order valence-corrected chi connectivity index (χ0v) is 12.0. The minimum atomic E-state index is 0.377. The Bertz CT molecular complexity index is 436. The molecule has 3 nitrogen and oxygen atoms in total. The van der Waals surface area contributed by atoms with E-state index in [0.29, 0.717) is 6.04 Å². The summed E-state index contributed by atoms with van der Waals surface area (Å²) in [6.07, 6.45) is 3.79. The lowest BCUT2D eigenvalue weighted by molar-refractivity contribution is 0.507. The predicted octanol–water partition coefficient (Wildman–Crippen LogP) is 2.84. The first-order chi connectivity index (χ1) is 8.25. The normalized spacial score (nSPS) is 12.6. The standard InChI is InChI=1S/C13H16IN3/c1-11(12-3-5-13(14)6-4-12)15-8-10-17-9-2-7-16-17/h2-7,9,11,15H,8,10H2,1H3. The van der Waals surface area contributed by atoms with E-state index in [-0.39, 0.29) is 0 Å². The van der Waals surface area contributed by atoms with Gasteiger partial charge in [0.2, 0.25) is 0 Å². The average molecular weight is 341 g/mol. The van der Waals surface area contributed by atoms with Crippen molar-refractivity contribution in [3.8, 4) is 0 Å². The van der Waals surface area contributed by atoms with Gasteiger partial charge in [-0.1, -0.05) is 12.1 Å². The molecule has 2 rings (SSSR count). The number of aromatic nitrogens is 2. The van der Waals surface area contributed by atoms with Crippen LogP contribution in [0.4, 0.5) is 0 Å². The lowest BCUT2D eigenvalue weighted by Crippen LogP contribution is -2.23. The number of hydrogen-bond acceptors (Lipinski definition) is 2. The van der Waals surface area contributed by atoms with Gasteiger partial charge in [-0.3, -0.25) is 4.68 Å². The van der Waals surface area contributed by atoms with Crippen LogP contribution in [0.25, 0.3) is 0 Å². The second kappa shape index (κ2) is 6.16. The van der Waals surface area contributed by atoms with E-state index in [9.17, 15) is 0 Å². The van der Waals surface area contributed by atoms with Crippen LogP contribution >= 0.6 is 22.6 Å². The van der Waals surface area contributed by atoms with Crippen LogP contribution in [0.15, 0.2) is 42.7 Å². The molecule has 4 heteroatoms. The maximum absolute atomic E-state index is 4.17. The molecule has 0 aliphatic heterocycles. The highest BCUT2D eigenvalue weighted by atomic mass is 127. The highest BCUT2D eigenvalue weighted by Gasteiger charge is 2.03. The van der Waals surface area contributed by atoms with Crippen molar-refractivity contribution in [2.45, 2.75) is 19.5 Å². The van der Waals surface area contributed by atoms with Gasteiger partial charge >= 0.3 is 0 Å². The van der Waals surface area contributed by atoms with Crippen molar-refractivity contribution in [2.24, 2.45) is 0 Å².